The SMILES string of the molecule is CO[C@H]1O[C@H](COCc2ccccc2)[C@@H](O[C@@H]2O[C@H](C(=O)OCc3ccccc3)[C@@H](O)[C@H](OC)[C@H]2OC)[C@H](OCc2ccccc2)[C@H]1OCc1ccccc1. The minimum atomic E-state index is -1.47. The molecule has 12 heteroatoms. The maximum absolute atomic E-state index is 13.5. The number of methoxy groups -OCH3 is 3. The van der Waals surface area contributed by atoms with Gasteiger partial charge in [0.25, 0.3) is 0 Å². The second-order valence-electron chi connectivity index (χ2n) is 13.3. The van der Waals surface area contributed by atoms with Crippen LogP contribution >= 0.6 is 0 Å². The molecule has 2 aliphatic heterocycles. The third-order valence-corrected chi connectivity index (χ3v) is 9.60. The third-order valence-electron chi connectivity index (χ3n) is 9.60. The van der Waals surface area contributed by atoms with Crippen LogP contribution in [0.3, 0.4) is 0 Å². The predicted octanol–water partition coefficient (Wildman–Crippen LogP) is 4.99. The van der Waals surface area contributed by atoms with Crippen LogP contribution in [-0.2, 0) is 78.6 Å². The van der Waals surface area contributed by atoms with Crippen molar-refractivity contribution in [3.8, 4) is 0 Å². The lowest BCUT2D eigenvalue weighted by molar-refractivity contribution is -0.366. The molecule has 0 aliphatic carbocycles. The van der Waals surface area contributed by atoms with Crippen molar-refractivity contribution in [2.24, 2.45) is 0 Å². The van der Waals surface area contributed by atoms with Gasteiger partial charge in [0.15, 0.2) is 18.7 Å². The molecule has 2 fully saturated rings. The highest BCUT2D eigenvalue weighted by atomic mass is 16.8. The molecule has 0 spiro atoms. The fraction of sp³-hybridized carbons (Fsp3) is 0.419. The molecule has 2 saturated heterocycles. The molecule has 10 atom stereocenters. The number of rotatable bonds is 18. The van der Waals surface area contributed by atoms with Gasteiger partial charge in [0.05, 0.1) is 26.4 Å². The highest BCUT2D eigenvalue weighted by molar-refractivity contribution is 5.75. The van der Waals surface area contributed by atoms with Crippen LogP contribution in [-0.4, -0.2) is 100 Å². The van der Waals surface area contributed by atoms with Crippen LogP contribution in [0.2, 0.25) is 0 Å². The topological polar surface area (TPSA) is 130 Å². The van der Waals surface area contributed by atoms with E-state index in [9.17, 15) is 9.90 Å². The van der Waals surface area contributed by atoms with E-state index in [0.29, 0.717) is 6.61 Å². The molecule has 0 amide bonds. The summed E-state index contributed by atoms with van der Waals surface area (Å²) in [5, 5.41) is 11.4. The van der Waals surface area contributed by atoms with E-state index in [-0.39, 0.29) is 26.4 Å². The summed E-state index contributed by atoms with van der Waals surface area (Å²) >= 11 is 0. The van der Waals surface area contributed by atoms with Crippen LogP contribution < -0.4 is 0 Å². The second kappa shape index (κ2) is 20.7. The van der Waals surface area contributed by atoms with Crippen molar-refractivity contribution in [3.05, 3.63) is 144 Å². The summed E-state index contributed by atoms with van der Waals surface area (Å²) in [6, 6.07) is 38.5. The Labute approximate surface area is 322 Å². The largest absolute Gasteiger partial charge is 0.459 e. The third kappa shape index (κ3) is 10.8. The van der Waals surface area contributed by atoms with Crippen LogP contribution in [0.1, 0.15) is 22.3 Å². The van der Waals surface area contributed by atoms with Gasteiger partial charge in [0, 0.05) is 21.3 Å². The van der Waals surface area contributed by atoms with Crippen LogP contribution in [0.25, 0.3) is 0 Å². The van der Waals surface area contributed by atoms with Crippen molar-refractivity contribution in [2.75, 3.05) is 27.9 Å². The second-order valence-corrected chi connectivity index (χ2v) is 13.3. The molecule has 1 N–H and O–H groups in total. The smallest absolute Gasteiger partial charge is 0.338 e. The molecular weight excluding hydrogens is 708 g/mol. The van der Waals surface area contributed by atoms with Gasteiger partial charge in [-0.05, 0) is 22.3 Å². The Bertz CT molecular complexity index is 1680. The summed E-state index contributed by atoms with van der Waals surface area (Å²) < 4.78 is 62.2. The van der Waals surface area contributed by atoms with E-state index in [1.807, 2.05) is 121 Å². The lowest BCUT2D eigenvalue weighted by Crippen LogP contribution is -2.66. The van der Waals surface area contributed by atoms with E-state index >= 15 is 0 Å². The fourth-order valence-electron chi connectivity index (χ4n) is 6.75. The van der Waals surface area contributed by atoms with Gasteiger partial charge in [-0.15, -0.1) is 0 Å². The lowest BCUT2D eigenvalue weighted by atomic mass is 9.96. The molecular formula is C43H50O12. The molecule has 2 aliphatic rings. The molecule has 4 aromatic rings. The average molecular weight is 759 g/mol. The molecule has 2 heterocycles. The van der Waals surface area contributed by atoms with Gasteiger partial charge in [0.2, 0.25) is 0 Å². The van der Waals surface area contributed by atoms with Crippen molar-refractivity contribution in [3.63, 3.8) is 0 Å². The number of carbonyl (C=O) groups is 1. The first-order valence-corrected chi connectivity index (χ1v) is 18.3. The highest BCUT2D eigenvalue weighted by Gasteiger charge is 2.55. The zero-order valence-corrected chi connectivity index (χ0v) is 31.3. The van der Waals surface area contributed by atoms with Gasteiger partial charge in [-0.2, -0.15) is 0 Å². The first-order chi connectivity index (χ1) is 27.0. The zero-order valence-electron chi connectivity index (χ0n) is 31.3. The number of ether oxygens (including phenoxy) is 10. The van der Waals surface area contributed by atoms with Crippen molar-refractivity contribution in [1.82, 2.24) is 0 Å². The zero-order chi connectivity index (χ0) is 38.4. The van der Waals surface area contributed by atoms with Crippen LogP contribution in [0.15, 0.2) is 121 Å². The first-order valence-electron chi connectivity index (χ1n) is 18.3. The van der Waals surface area contributed by atoms with Crippen LogP contribution in [0.4, 0.5) is 0 Å². The summed E-state index contributed by atoms with van der Waals surface area (Å²) in [4.78, 5) is 13.5. The average Bonchev–Trinajstić information content (AvgIpc) is 3.23. The molecule has 4 aromatic carbocycles. The molecule has 6 rings (SSSR count). The molecule has 55 heavy (non-hydrogen) atoms. The molecule has 0 aromatic heterocycles. The van der Waals surface area contributed by atoms with Crippen LogP contribution in [0.5, 0.6) is 0 Å². The molecule has 294 valence electrons. The van der Waals surface area contributed by atoms with Crippen molar-refractivity contribution in [1.29, 1.82) is 0 Å². The van der Waals surface area contributed by atoms with E-state index < -0.39 is 67.4 Å². The van der Waals surface area contributed by atoms with Gasteiger partial charge in [0.1, 0.15) is 49.3 Å². The Kier molecular flexibility index (Phi) is 15.3. The number of aliphatic hydroxyl groups excluding tert-OH is 1. The number of esters is 1. The summed E-state index contributed by atoms with van der Waals surface area (Å²) in [6.07, 6.45) is -10.4. The maximum atomic E-state index is 13.5. The highest BCUT2D eigenvalue weighted by Crippen LogP contribution is 2.35. The molecule has 0 bridgehead atoms. The molecule has 12 nitrogen and oxygen atoms in total. The predicted molar refractivity (Wildman–Crippen MR) is 199 cm³/mol. The Morgan fingerprint density at radius 1 is 0.545 bits per heavy atom. The summed E-state index contributed by atoms with van der Waals surface area (Å²) in [5.74, 6) is -0.787. The number of hydrogen-bond acceptors (Lipinski definition) is 12. The molecule has 0 unspecified atom stereocenters. The fourth-order valence-corrected chi connectivity index (χ4v) is 6.75. The summed E-state index contributed by atoms with van der Waals surface area (Å²) in [7, 11) is 4.41. The van der Waals surface area contributed by atoms with Gasteiger partial charge in [-0.3, -0.25) is 0 Å². The standard InChI is InChI=1S/C43H50O12/c1-46-36-34(44)37(41(45)52-27-32-22-14-7-15-23-32)55-43(39(36)47-2)54-35-33(28-49-24-29-16-8-4-9-17-29)53-42(48-3)40(51-26-31-20-12-6-13-21-31)38(35)50-25-30-18-10-5-11-19-30/h4-23,33-40,42-44H,24-28H2,1-3H3/t33-,34+,35-,36+,37+,38+,39-,40-,42+,43-/m1/s1. The Balaban J connectivity index is 1.31. The van der Waals surface area contributed by atoms with Crippen molar-refractivity contribution in [2.45, 2.75) is 87.8 Å². The van der Waals surface area contributed by atoms with E-state index in [1.54, 1.807) is 7.11 Å². The van der Waals surface area contributed by atoms with E-state index in [4.69, 9.17) is 47.4 Å². The minimum Gasteiger partial charge on any atom is -0.459 e. The summed E-state index contributed by atoms with van der Waals surface area (Å²) in [5.41, 5.74) is 3.61. The van der Waals surface area contributed by atoms with Crippen molar-refractivity contribution < 1.29 is 57.3 Å². The van der Waals surface area contributed by atoms with Gasteiger partial charge < -0.3 is 52.5 Å². The van der Waals surface area contributed by atoms with E-state index in [1.165, 1.54) is 14.2 Å². The Hall–Kier alpha value is -4.05. The quantitative estimate of drug-likeness (QED) is 0.137. The summed E-state index contributed by atoms with van der Waals surface area (Å²) in [6.45, 7) is 0.795. The Morgan fingerprint density at radius 2 is 1.04 bits per heavy atom. The van der Waals surface area contributed by atoms with Gasteiger partial charge in [-0.1, -0.05) is 121 Å². The normalized spacial score (nSPS) is 28.1. The van der Waals surface area contributed by atoms with E-state index in [2.05, 4.69) is 0 Å². The molecule has 0 radical (unpaired) electrons. The number of carbonyl (C=O) groups excluding carboxylic acids is 1. The first kappa shape index (κ1) is 40.6. The van der Waals surface area contributed by atoms with Crippen LogP contribution in [0, 0.1) is 0 Å². The maximum Gasteiger partial charge on any atom is 0.338 e. The monoisotopic (exact) mass is 758 g/mol. The number of aliphatic hydroxyl groups is 1. The Morgan fingerprint density at radius 3 is 1.55 bits per heavy atom. The lowest BCUT2D eigenvalue weighted by Gasteiger charge is -2.48. The molecule has 0 saturated carbocycles. The minimum absolute atomic E-state index is 0.0192. The number of benzene rings is 4. The van der Waals surface area contributed by atoms with Gasteiger partial charge >= 0.3 is 5.97 Å². The van der Waals surface area contributed by atoms with E-state index in [0.717, 1.165) is 22.3 Å². The van der Waals surface area contributed by atoms with Crippen molar-refractivity contribution >= 4 is 5.97 Å². The number of hydrogen-bond donors (Lipinski definition) is 1. The van der Waals surface area contributed by atoms with Gasteiger partial charge in [-0.25, -0.2) is 4.79 Å².